The van der Waals surface area contributed by atoms with Gasteiger partial charge >= 0.3 is 6.09 Å². The summed E-state index contributed by atoms with van der Waals surface area (Å²) in [4.78, 5) is 25.7. The Hall–Kier alpha value is -2.18. The lowest BCUT2D eigenvalue weighted by Crippen LogP contribution is -2.42. The minimum atomic E-state index is -0.925. The van der Waals surface area contributed by atoms with Crippen LogP contribution < -0.4 is 5.32 Å². The molecule has 0 radical (unpaired) electrons. The van der Waals surface area contributed by atoms with E-state index in [4.69, 9.17) is 4.74 Å². The van der Waals surface area contributed by atoms with E-state index in [1.54, 1.807) is 4.90 Å². The number of rotatable bonds is 4. The summed E-state index contributed by atoms with van der Waals surface area (Å²) in [6.07, 6.45) is 1.50. The van der Waals surface area contributed by atoms with Crippen molar-refractivity contribution in [1.29, 1.82) is 0 Å². The van der Waals surface area contributed by atoms with Gasteiger partial charge in [0.2, 0.25) is 5.91 Å². The second kappa shape index (κ2) is 8.47. The molecule has 26 heavy (non-hydrogen) atoms. The van der Waals surface area contributed by atoms with Gasteiger partial charge in [-0.2, -0.15) is 0 Å². The third kappa shape index (κ3) is 6.28. The number of piperidine rings is 1. The van der Waals surface area contributed by atoms with Crippen LogP contribution in [0.15, 0.2) is 18.2 Å². The third-order valence-electron chi connectivity index (χ3n) is 4.21. The zero-order valence-electron chi connectivity index (χ0n) is 15.5. The Kier molecular flexibility index (Phi) is 6.56. The second-order valence-corrected chi connectivity index (χ2v) is 7.64. The van der Waals surface area contributed by atoms with Gasteiger partial charge in [-0.3, -0.25) is 4.79 Å². The summed E-state index contributed by atoms with van der Waals surface area (Å²) in [7, 11) is 0. The number of hydrogen-bond acceptors (Lipinski definition) is 3. The molecule has 0 spiro atoms. The van der Waals surface area contributed by atoms with Crippen LogP contribution in [0.4, 0.5) is 13.6 Å². The number of nitrogens with one attached hydrogen (secondary N) is 1. The first-order valence-electron chi connectivity index (χ1n) is 8.82. The van der Waals surface area contributed by atoms with Crippen molar-refractivity contribution in [2.75, 3.05) is 13.1 Å². The van der Waals surface area contributed by atoms with Crippen LogP contribution in [0.3, 0.4) is 0 Å². The average molecular weight is 368 g/mol. The molecule has 0 atom stereocenters. The lowest BCUT2D eigenvalue weighted by molar-refractivity contribution is -0.122. The van der Waals surface area contributed by atoms with Crippen LogP contribution in [0.25, 0.3) is 0 Å². The van der Waals surface area contributed by atoms with E-state index in [0.29, 0.717) is 25.1 Å². The van der Waals surface area contributed by atoms with E-state index in [1.165, 1.54) is 6.07 Å². The van der Waals surface area contributed by atoms with Gasteiger partial charge in [-0.1, -0.05) is 6.07 Å². The molecule has 0 aliphatic carbocycles. The lowest BCUT2D eigenvalue weighted by Gasteiger charge is -2.33. The highest BCUT2D eigenvalue weighted by atomic mass is 19.2. The highest BCUT2D eigenvalue weighted by Gasteiger charge is 2.27. The molecule has 0 bridgehead atoms. The number of carbonyl (C=O) groups excluding carboxylic acids is 2. The zero-order chi connectivity index (χ0) is 19.3. The molecular formula is C19H26F2N2O3. The quantitative estimate of drug-likeness (QED) is 0.883. The summed E-state index contributed by atoms with van der Waals surface area (Å²) in [5.74, 6) is -1.77. The fraction of sp³-hybridized carbons (Fsp3) is 0.579. The molecule has 144 valence electrons. The number of ether oxygens (including phenoxy) is 1. The Morgan fingerprint density at radius 1 is 1.19 bits per heavy atom. The Morgan fingerprint density at radius 3 is 2.42 bits per heavy atom. The molecule has 2 rings (SSSR count). The predicted octanol–water partition coefficient (Wildman–Crippen LogP) is 3.62. The first-order valence-corrected chi connectivity index (χ1v) is 8.82. The monoisotopic (exact) mass is 368 g/mol. The smallest absolute Gasteiger partial charge is 0.410 e. The number of likely N-dealkylation sites (tertiary alicyclic amines) is 1. The first kappa shape index (κ1) is 20.1. The highest BCUT2D eigenvalue weighted by molar-refractivity contribution is 5.76. The van der Waals surface area contributed by atoms with Crippen molar-refractivity contribution in [2.45, 2.75) is 52.2 Å². The van der Waals surface area contributed by atoms with E-state index < -0.39 is 17.2 Å². The molecule has 1 heterocycles. The third-order valence-corrected chi connectivity index (χ3v) is 4.21. The molecule has 1 aliphatic heterocycles. The van der Waals surface area contributed by atoms with Gasteiger partial charge in [0.25, 0.3) is 0 Å². The number of benzene rings is 1. The Bertz CT molecular complexity index is 651. The summed E-state index contributed by atoms with van der Waals surface area (Å²) < 4.78 is 31.4. The second-order valence-electron chi connectivity index (χ2n) is 7.64. The molecule has 1 aliphatic rings. The lowest BCUT2D eigenvalue weighted by atomic mass is 9.93. The molecule has 1 aromatic carbocycles. The van der Waals surface area contributed by atoms with Gasteiger partial charge in [0.1, 0.15) is 5.60 Å². The van der Waals surface area contributed by atoms with Gasteiger partial charge in [-0.25, -0.2) is 13.6 Å². The van der Waals surface area contributed by atoms with Crippen molar-refractivity contribution in [3.05, 3.63) is 35.4 Å². The molecule has 5 nitrogen and oxygen atoms in total. The fourth-order valence-corrected chi connectivity index (χ4v) is 2.83. The minimum Gasteiger partial charge on any atom is -0.444 e. The van der Waals surface area contributed by atoms with Crippen molar-refractivity contribution in [2.24, 2.45) is 5.92 Å². The van der Waals surface area contributed by atoms with Crippen LogP contribution in [-0.2, 0) is 16.1 Å². The van der Waals surface area contributed by atoms with Crippen LogP contribution in [0.2, 0.25) is 0 Å². The van der Waals surface area contributed by atoms with Crippen LogP contribution in [-0.4, -0.2) is 35.6 Å². The number of hydrogen-bond donors (Lipinski definition) is 1. The first-order chi connectivity index (χ1) is 12.1. The van der Waals surface area contributed by atoms with Gasteiger partial charge < -0.3 is 15.0 Å². The number of halogens is 2. The molecule has 1 N–H and O–H groups in total. The van der Waals surface area contributed by atoms with Gasteiger partial charge in [-0.15, -0.1) is 0 Å². The topological polar surface area (TPSA) is 58.6 Å². The van der Waals surface area contributed by atoms with Crippen molar-refractivity contribution in [3.63, 3.8) is 0 Å². The standard InChI is InChI=1S/C19H26F2N2O3/c1-19(2,3)26-18(25)23-8-6-13(7-9-23)11-17(24)22-12-14-4-5-15(20)16(21)10-14/h4-5,10,13H,6-9,11-12H2,1-3H3,(H,22,24). The summed E-state index contributed by atoms with van der Waals surface area (Å²) in [6, 6.07) is 3.57. The summed E-state index contributed by atoms with van der Waals surface area (Å²) >= 11 is 0. The molecule has 0 saturated carbocycles. The van der Waals surface area contributed by atoms with Crippen LogP contribution >= 0.6 is 0 Å². The summed E-state index contributed by atoms with van der Waals surface area (Å²) in [5.41, 5.74) is -0.00909. The molecule has 1 fully saturated rings. The molecule has 0 aromatic heterocycles. The SMILES string of the molecule is CC(C)(C)OC(=O)N1CCC(CC(=O)NCc2ccc(F)c(F)c2)CC1. The normalized spacial score (nSPS) is 15.7. The maximum Gasteiger partial charge on any atom is 0.410 e. The van der Waals surface area contributed by atoms with E-state index in [-0.39, 0.29) is 24.5 Å². The number of carbonyl (C=O) groups is 2. The average Bonchev–Trinajstić information content (AvgIpc) is 2.55. The number of nitrogens with zero attached hydrogens (tertiary/aromatic N) is 1. The van der Waals surface area contributed by atoms with E-state index in [0.717, 1.165) is 25.0 Å². The van der Waals surface area contributed by atoms with E-state index in [1.807, 2.05) is 20.8 Å². The largest absolute Gasteiger partial charge is 0.444 e. The van der Waals surface area contributed by atoms with Crippen molar-refractivity contribution in [1.82, 2.24) is 10.2 Å². The molecule has 1 aromatic rings. The summed E-state index contributed by atoms with van der Waals surface area (Å²) in [6.45, 7) is 6.78. The maximum absolute atomic E-state index is 13.2. The molecule has 2 amide bonds. The Morgan fingerprint density at radius 2 is 1.85 bits per heavy atom. The Labute approximate surface area is 152 Å². The summed E-state index contributed by atoms with van der Waals surface area (Å²) in [5, 5.41) is 2.72. The minimum absolute atomic E-state index is 0.134. The van der Waals surface area contributed by atoms with E-state index >= 15 is 0 Å². The number of amides is 2. The highest BCUT2D eigenvalue weighted by Crippen LogP contribution is 2.22. The van der Waals surface area contributed by atoms with Crippen LogP contribution in [0.5, 0.6) is 0 Å². The predicted molar refractivity (Wildman–Crippen MR) is 93.4 cm³/mol. The van der Waals surface area contributed by atoms with Crippen LogP contribution in [0.1, 0.15) is 45.6 Å². The van der Waals surface area contributed by atoms with E-state index in [9.17, 15) is 18.4 Å². The molecular weight excluding hydrogens is 342 g/mol. The molecule has 1 saturated heterocycles. The van der Waals surface area contributed by atoms with Gasteiger partial charge in [0, 0.05) is 26.1 Å². The Balaban J connectivity index is 1.72. The van der Waals surface area contributed by atoms with Crippen molar-refractivity contribution >= 4 is 12.0 Å². The fourth-order valence-electron chi connectivity index (χ4n) is 2.83. The van der Waals surface area contributed by atoms with Gasteiger partial charge in [-0.05, 0) is 57.2 Å². The molecule has 7 heteroatoms. The van der Waals surface area contributed by atoms with Crippen LogP contribution in [0, 0.1) is 17.6 Å². The van der Waals surface area contributed by atoms with E-state index in [2.05, 4.69) is 5.32 Å². The van der Waals surface area contributed by atoms with Gasteiger partial charge in [0.05, 0.1) is 0 Å². The maximum atomic E-state index is 13.2. The van der Waals surface area contributed by atoms with Crippen molar-refractivity contribution in [3.8, 4) is 0 Å². The van der Waals surface area contributed by atoms with Gasteiger partial charge in [0.15, 0.2) is 11.6 Å². The zero-order valence-corrected chi connectivity index (χ0v) is 15.5. The molecule has 0 unspecified atom stereocenters. The van der Waals surface area contributed by atoms with Crippen molar-refractivity contribution < 1.29 is 23.1 Å².